The molecule has 1 amide bonds. The molecule has 0 saturated carbocycles. The van der Waals surface area contributed by atoms with E-state index in [-0.39, 0.29) is 24.8 Å². The topological polar surface area (TPSA) is 84.9 Å². The van der Waals surface area contributed by atoms with Gasteiger partial charge in [-0.15, -0.1) is 10.2 Å². The second-order valence-corrected chi connectivity index (χ2v) is 7.37. The summed E-state index contributed by atoms with van der Waals surface area (Å²) >= 11 is 0. The van der Waals surface area contributed by atoms with Gasteiger partial charge in [0.25, 0.3) is 0 Å². The summed E-state index contributed by atoms with van der Waals surface area (Å²) < 4.78 is 10.7. The van der Waals surface area contributed by atoms with Gasteiger partial charge < -0.3 is 14.4 Å². The van der Waals surface area contributed by atoms with Gasteiger partial charge in [-0.1, -0.05) is 26.2 Å². The second-order valence-electron chi connectivity index (χ2n) is 7.37. The van der Waals surface area contributed by atoms with Gasteiger partial charge in [0, 0.05) is 18.8 Å². The summed E-state index contributed by atoms with van der Waals surface area (Å²) in [5, 5.41) is 7.92. The van der Waals surface area contributed by atoms with Gasteiger partial charge in [0.05, 0.1) is 19.8 Å². The first-order valence-electron chi connectivity index (χ1n) is 10.9. The van der Waals surface area contributed by atoms with E-state index in [4.69, 9.17) is 9.47 Å². The molecule has 0 unspecified atom stereocenters. The number of rotatable bonds is 10. The molecule has 31 heavy (non-hydrogen) atoms. The summed E-state index contributed by atoms with van der Waals surface area (Å²) in [6.45, 7) is 6.33. The molecule has 3 rings (SSSR count). The number of aromatic nitrogens is 2. The molecule has 0 spiro atoms. The number of hydrogen-bond donors (Lipinski definition) is 0. The van der Waals surface area contributed by atoms with Crippen LogP contribution in [0.3, 0.4) is 0 Å². The Kier molecular flexibility index (Phi) is 8.20. The number of benzene rings is 1. The lowest BCUT2D eigenvalue weighted by molar-refractivity contribution is -0.118. The first-order valence-corrected chi connectivity index (χ1v) is 10.9. The molecule has 1 aliphatic heterocycles. The first-order chi connectivity index (χ1) is 15.1. The van der Waals surface area contributed by atoms with E-state index < -0.39 is 5.97 Å². The fraction of sp³-hybridized carbons (Fsp3) is 0.478. The van der Waals surface area contributed by atoms with Crippen LogP contribution in [-0.4, -0.2) is 54.9 Å². The number of anilines is 2. The third-order valence-electron chi connectivity index (χ3n) is 5.10. The number of carbonyl (C=O) groups excluding carboxylic acids is 2. The lowest BCUT2D eigenvalue weighted by Gasteiger charge is -2.34. The van der Waals surface area contributed by atoms with Crippen LogP contribution in [0.4, 0.5) is 11.5 Å². The molecular formula is C23H30N4O4. The summed E-state index contributed by atoms with van der Waals surface area (Å²) in [6.07, 6.45) is 4.71. The normalized spacial score (nSPS) is 13.9. The molecule has 2 heterocycles. The molecule has 8 nitrogen and oxygen atoms in total. The summed E-state index contributed by atoms with van der Waals surface area (Å²) in [7, 11) is 0. The molecule has 1 saturated heterocycles. The van der Waals surface area contributed by atoms with E-state index in [2.05, 4.69) is 17.1 Å². The first kappa shape index (κ1) is 22.5. The number of esters is 1. The Morgan fingerprint density at radius 2 is 1.81 bits per heavy atom. The van der Waals surface area contributed by atoms with E-state index in [0.717, 1.165) is 24.5 Å². The molecule has 1 fully saturated rings. The minimum absolute atomic E-state index is 0.0688. The van der Waals surface area contributed by atoms with Crippen molar-refractivity contribution in [2.45, 2.75) is 39.5 Å². The van der Waals surface area contributed by atoms with Crippen molar-refractivity contribution in [2.24, 2.45) is 0 Å². The van der Waals surface area contributed by atoms with E-state index in [0.29, 0.717) is 18.9 Å². The van der Waals surface area contributed by atoms with Crippen LogP contribution in [0.5, 0.6) is 5.75 Å². The van der Waals surface area contributed by atoms with Crippen LogP contribution in [0, 0.1) is 0 Å². The third-order valence-corrected chi connectivity index (χ3v) is 5.10. The average Bonchev–Trinajstić information content (AvgIpc) is 2.79. The lowest BCUT2D eigenvalue weighted by atomic mass is 10.2. The Bertz CT molecular complexity index is 855. The van der Waals surface area contributed by atoms with Crippen molar-refractivity contribution in [3.8, 4) is 5.75 Å². The van der Waals surface area contributed by atoms with Crippen LogP contribution in [0.15, 0.2) is 36.4 Å². The number of nitrogens with zero attached hydrogens (tertiary/aromatic N) is 4. The van der Waals surface area contributed by atoms with Crippen LogP contribution in [0.1, 0.15) is 50.0 Å². The Morgan fingerprint density at radius 1 is 1.00 bits per heavy atom. The van der Waals surface area contributed by atoms with Crippen LogP contribution in [0.2, 0.25) is 0 Å². The maximum atomic E-state index is 12.7. The maximum Gasteiger partial charge on any atom is 0.358 e. The molecule has 1 aromatic heterocycles. The van der Waals surface area contributed by atoms with E-state index >= 15 is 0 Å². The van der Waals surface area contributed by atoms with E-state index in [1.54, 1.807) is 17.9 Å². The van der Waals surface area contributed by atoms with Crippen molar-refractivity contribution in [3.63, 3.8) is 0 Å². The van der Waals surface area contributed by atoms with Crippen molar-refractivity contribution in [1.29, 1.82) is 0 Å². The fourth-order valence-corrected chi connectivity index (χ4v) is 3.39. The number of amides is 1. The molecule has 1 aliphatic rings. The smallest absolute Gasteiger partial charge is 0.358 e. The van der Waals surface area contributed by atoms with Crippen molar-refractivity contribution in [1.82, 2.24) is 10.2 Å². The van der Waals surface area contributed by atoms with Crippen LogP contribution >= 0.6 is 0 Å². The fourth-order valence-electron chi connectivity index (χ4n) is 3.39. The zero-order chi connectivity index (χ0) is 22.1. The van der Waals surface area contributed by atoms with E-state index in [9.17, 15) is 9.59 Å². The highest BCUT2D eigenvalue weighted by molar-refractivity contribution is 5.97. The number of carbonyl (C=O) groups is 2. The zero-order valence-corrected chi connectivity index (χ0v) is 18.2. The summed E-state index contributed by atoms with van der Waals surface area (Å²) in [5.41, 5.74) is 1.11. The minimum Gasteiger partial charge on any atom is -0.494 e. The monoisotopic (exact) mass is 426 g/mol. The number of unbranched alkanes of at least 4 members (excludes halogenated alkanes) is 3. The Hall–Kier alpha value is -3.16. The van der Waals surface area contributed by atoms with Gasteiger partial charge in [-0.2, -0.15) is 0 Å². The Morgan fingerprint density at radius 3 is 2.45 bits per heavy atom. The van der Waals surface area contributed by atoms with Crippen molar-refractivity contribution >= 4 is 23.4 Å². The van der Waals surface area contributed by atoms with Gasteiger partial charge in [0.1, 0.15) is 5.75 Å². The van der Waals surface area contributed by atoms with Crippen LogP contribution < -0.4 is 14.5 Å². The minimum atomic E-state index is -0.522. The number of ether oxygens (including phenoxy) is 2. The van der Waals surface area contributed by atoms with Crippen LogP contribution in [-0.2, 0) is 9.53 Å². The molecule has 0 atom stereocenters. The molecule has 8 heteroatoms. The quantitative estimate of drug-likeness (QED) is 0.425. The third kappa shape index (κ3) is 6.16. The second kappa shape index (κ2) is 11.3. The molecule has 0 bridgehead atoms. The molecule has 0 radical (unpaired) electrons. The molecule has 0 N–H and O–H groups in total. The SMILES string of the molecule is CCCCCCOc1ccc(N2CCN(c3ccc(C(=O)OCC)nn3)C(=O)C2)cc1. The number of hydrogen-bond acceptors (Lipinski definition) is 7. The molecule has 166 valence electrons. The summed E-state index contributed by atoms with van der Waals surface area (Å²) in [4.78, 5) is 28.0. The standard InChI is InChI=1S/C23H30N4O4/c1-3-5-6-7-16-31-19-10-8-18(9-11-19)26-14-15-27(22(28)17-26)21-13-12-20(24-25-21)23(29)30-4-2/h8-13H,3-7,14-17H2,1-2H3. The van der Waals surface area contributed by atoms with Gasteiger partial charge in [-0.3, -0.25) is 9.69 Å². The molecule has 2 aromatic rings. The van der Waals surface area contributed by atoms with Gasteiger partial charge in [0.15, 0.2) is 11.5 Å². The van der Waals surface area contributed by atoms with Crippen molar-refractivity contribution in [2.75, 3.05) is 42.6 Å². The Balaban J connectivity index is 1.53. The highest BCUT2D eigenvalue weighted by Crippen LogP contribution is 2.23. The maximum absolute atomic E-state index is 12.7. The van der Waals surface area contributed by atoms with Gasteiger partial charge >= 0.3 is 5.97 Å². The van der Waals surface area contributed by atoms with Gasteiger partial charge in [-0.05, 0) is 49.7 Å². The van der Waals surface area contributed by atoms with Crippen molar-refractivity contribution < 1.29 is 19.1 Å². The predicted octanol–water partition coefficient (Wildman–Crippen LogP) is 3.47. The lowest BCUT2D eigenvalue weighted by Crippen LogP contribution is -2.51. The molecular weight excluding hydrogens is 396 g/mol. The average molecular weight is 427 g/mol. The summed E-state index contributed by atoms with van der Waals surface area (Å²) in [5.74, 6) is 0.693. The highest BCUT2D eigenvalue weighted by Gasteiger charge is 2.26. The van der Waals surface area contributed by atoms with Gasteiger partial charge in [-0.25, -0.2) is 4.79 Å². The van der Waals surface area contributed by atoms with Crippen LogP contribution in [0.25, 0.3) is 0 Å². The van der Waals surface area contributed by atoms with Crippen molar-refractivity contribution in [3.05, 3.63) is 42.1 Å². The molecule has 1 aromatic carbocycles. The Labute approximate surface area is 183 Å². The van der Waals surface area contributed by atoms with E-state index in [1.807, 2.05) is 29.2 Å². The largest absolute Gasteiger partial charge is 0.494 e. The highest BCUT2D eigenvalue weighted by atomic mass is 16.5. The summed E-state index contributed by atoms with van der Waals surface area (Å²) in [6, 6.07) is 11.0. The predicted molar refractivity (Wildman–Crippen MR) is 119 cm³/mol. The van der Waals surface area contributed by atoms with E-state index in [1.165, 1.54) is 25.3 Å². The zero-order valence-electron chi connectivity index (χ0n) is 18.2. The van der Waals surface area contributed by atoms with Gasteiger partial charge in [0.2, 0.25) is 5.91 Å². The molecule has 0 aliphatic carbocycles. The number of piperazine rings is 1.